The molecule has 2 N–H and O–H groups in total. The van der Waals surface area contributed by atoms with Gasteiger partial charge in [-0.25, -0.2) is 0 Å². The number of rotatable bonds is 8. The number of hydrogen-bond acceptors (Lipinski definition) is 3. The van der Waals surface area contributed by atoms with Crippen molar-refractivity contribution < 1.29 is 9.59 Å². The number of anilines is 2. The Morgan fingerprint density at radius 1 is 1.00 bits per heavy atom. The van der Waals surface area contributed by atoms with Crippen LogP contribution in [0.25, 0.3) is 0 Å². The molecular formula is C22H28ClN3O2. The molecule has 6 heteroatoms. The van der Waals surface area contributed by atoms with Gasteiger partial charge >= 0.3 is 0 Å². The van der Waals surface area contributed by atoms with Gasteiger partial charge in [-0.15, -0.1) is 0 Å². The highest BCUT2D eigenvalue weighted by molar-refractivity contribution is 6.33. The van der Waals surface area contributed by atoms with Gasteiger partial charge < -0.3 is 10.6 Å². The summed E-state index contributed by atoms with van der Waals surface area (Å²) in [5.41, 5.74) is 2.49. The zero-order chi connectivity index (χ0) is 20.7. The molecule has 0 fully saturated rings. The molecule has 2 aromatic rings. The van der Waals surface area contributed by atoms with Crippen LogP contribution in [-0.4, -0.2) is 36.3 Å². The van der Waals surface area contributed by atoms with Crippen LogP contribution in [0.3, 0.4) is 0 Å². The lowest BCUT2D eigenvalue weighted by molar-refractivity contribution is -0.122. The Hall–Kier alpha value is -2.37. The van der Waals surface area contributed by atoms with Gasteiger partial charge in [0.25, 0.3) is 0 Å². The third-order valence-electron chi connectivity index (χ3n) is 4.94. The largest absolute Gasteiger partial charge is 0.324 e. The molecule has 0 heterocycles. The fraction of sp³-hybridized carbons (Fsp3) is 0.364. The molecule has 0 saturated heterocycles. The maximum atomic E-state index is 12.7. The van der Waals surface area contributed by atoms with E-state index in [0.717, 1.165) is 17.7 Å². The zero-order valence-corrected chi connectivity index (χ0v) is 17.6. The van der Waals surface area contributed by atoms with Crippen LogP contribution in [0.4, 0.5) is 11.4 Å². The number of likely N-dealkylation sites (N-methyl/N-ethyl adjacent to an activating group) is 1. The summed E-state index contributed by atoms with van der Waals surface area (Å²) in [5.74, 6) is -0.0232. The molecule has 0 spiro atoms. The Labute approximate surface area is 172 Å². The Bertz CT molecular complexity index is 825. The summed E-state index contributed by atoms with van der Waals surface area (Å²) in [6.07, 6.45) is 0.991. The summed E-state index contributed by atoms with van der Waals surface area (Å²) < 4.78 is 0. The number of amides is 2. The minimum absolute atomic E-state index is 0.0762. The predicted molar refractivity (Wildman–Crippen MR) is 116 cm³/mol. The predicted octanol–water partition coefficient (Wildman–Crippen LogP) is 4.75. The molecule has 0 unspecified atom stereocenters. The fourth-order valence-electron chi connectivity index (χ4n) is 2.81. The van der Waals surface area contributed by atoms with Gasteiger partial charge in [0.15, 0.2) is 0 Å². The van der Waals surface area contributed by atoms with E-state index in [2.05, 4.69) is 24.5 Å². The molecule has 28 heavy (non-hydrogen) atoms. The van der Waals surface area contributed by atoms with Gasteiger partial charge in [0.1, 0.15) is 0 Å². The minimum atomic E-state index is -0.470. The molecule has 0 saturated carbocycles. The van der Waals surface area contributed by atoms with Crippen molar-refractivity contribution in [3.63, 3.8) is 0 Å². The van der Waals surface area contributed by atoms with Crippen LogP contribution >= 0.6 is 11.6 Å². The van der Waals surface area contributed by atoms with Gasteiger partial charge in [-0.1, -0.05) is 55.8 Å². The average Bonchev–Trinajstić information content (AvgIpc) is 2.68. The first-order chi connectivity index (χ1) is 13.3. The van der Waals surface area contributed by atoms with Gasteiger partial charge in [0.05, 0.1) is 23.3 Å². The first-order valence-electron chi connectivity index (χ1n) is 9.47. The van der Waals surface area contributed by atoms with Gasteiger partial charge in [-0.05, 0) is 50.1 Å². The van der Waals surface area contributed by atoms with Gasteiger partial charge in [0, 0.05) is 5.69 Å². The Kier molecular flexibility index (Phi) is 8.03. The van der Waals surface area contributed by atoms with Crippen LogP contribution in [0.1, 0.15) is 38.7 Å². The smallest absolute Gasteiger partial charge is 0.241 e. The first kappa shape index (κ1) is 21.9. The Morgan fingerprint density at radius 3 is 2.25 bits per heavy atom. The molecule has 0 radical (unpaired) electrons. The van der Waals surface area contributed by atoms with Crippen molar-refractivity contribution in [3.8, 4) is 0 Å². The maximum absolute atomic E-state index is 12.7. The molecule has 150 valence electrons. The number of nitrogens with zero attached hydrogens (tertiary/aromatic N) is 1. The fourth-order valence-corrected chi connectivity index (χ4v) is 3.00. The lowest BCUT2D eigenvalue weighted by Crippen LogP contribution is -2.43. The standard InChI is InChI=1S/C22H28ClN3O2/c1-5-15(2)17-10-6-8-12-19(17)25-22(28)16(3)26(4)14-21(27)24-20-13-9-7-11-18(20)23/h6-13,15-16H,5,14H2,1-4H3,(H,24,27)(H,25,28)/t15-,16-/m0/s1. The monoisotopic (exact) mass is 401 g/mol. The second kappa shape index (κ2) is 10.2. The van der Waals surface area contributed by atoms with Gasteiger partial charge in [-0.3, -0.25) is 14.5 Å². The van der Waals surface area contributed by atoms with Crippen molar-refractivity contribution in [3.05, 3.63) is 59.1 Å². The van der Waals surface area contributed by atoms with E-state index in [9.17, 15) is 9.59 Å². The van der Waals surface area contributed by atoms with Gasteiger partial charge in [-0.2, -0.15) is 0 Å². The van der Waals surface area contributed by atoms with Crippen molar-refractivity contribution >= 4 is 34.8 Å². The highest BCUT2D eigenvalue weighted by atomic mass is 35.5. The maximum Gasteiger partial charge on any atom is 0.241 e. The summed E-state index contributed by atoms with van der Waals surface area (Å²) in [4.78, 5) is 26.7. The summed E-state index contributed by atoms with van der Waals surface area (Å²) in [6, 6.07) is 14.4. The summed E-state index contributed by atoms with van der Waals surface area (Å²) in [7, 11) is 1.75. The zero-order valence-electron chi connectivity index (χ0n) is 16.8. The number of carbonyl (C=O) groups is 2. The number of benzene rings is 2. The van der Waals surface area contributed by atoms with E-state index in [1.165, 1.54) is 0 Å². The summed E-state index contributed by atoms with van der Waals surface area (Å²) in [5, 5.41) is 6.25. The van der Waals surface area contributed by atoms with E-state index in [4.69, 9.17) is 11.6 Å². The molecule has 0 aliphatic rings. The van der Waals surface area contributed by atoms with Crippen molar-refractivity contribution in [2.45, 2.75) is 39.2 Å². The van der Waals surface area contributed by atoms with E-state index in [1.807, 2.05) is 24.3 Å². The van der Waals surface area contributed by atoms with E-state index in [0.29, 0.717) is 16.6 Å². The molecule has 2 aromatic carbocycles. The topological polar surface area (TPSA) is 61.4 Å². The molecule has 0 bridgehead atoms. The SMILES string of the molecule is CC[C@H](C)c1ccccc1NC(=O)[C@H](C)N(C)CC(=O)Nc1ccccc1Cl. The van der Waals surface area contributed by atoms with Crippen LogP contribution in [0.2, 0.25) is 5.02 Å². The van der Waals surface area contributed by atoms with Crippen molar-refractivity contribution in [1.29, 1.82) is 0 Å². The quantitative estimate of drug-likeness (QED) is 0.670. The van der Waals surface area contributed by atoms with Crippen LogP contribution in [0.15, 0.2) is 48.5 Å². The minimum Gasteiger partial charge on any atom is -0.324 e. The van der Waals surface area contributed by atoms with Crippen LogP contribution in [0.5, 0.6) is 0 Å². The molecule has 0 aromatic heterocycles. The number of halogens is 1. The van der Waals surface area contributed by atoms with Crippen LogP contribution in [-0.2, 0) is 9.59 Å². The van der Waals surface area contributed by atoms with E-state index in [1.54, 1.807) is 43.1 Å². The van der Waals surface area contributed by atoms with Crippen molar-refractivity contribution in [2.75, 3.05) is 24.2 Å². The summed E-state index contributed by atoms with van der Waals surface area (Å²) >= 11 is 6.07. The van der Waals surface area contributed by atoms with Crippen molar-refractivity contribution in [2.24, 2.45) is 0 Å². The number of nitrogens with one attached hydrogen (secondary N) is 2. The summed E-state index contributed by atoms with van der Waals surface area (Å²) in [6.45, 7) is 6.12. The Balaban J connectivity index is 1.97. The molecule has 2 amide bonds. The molecule has 0 aliphatic carbocycles. The van der Waals surface area contributed by atoms with Crippen LogP contribution < -0.4 is 10.6 Å². The highest BCUT2D eigenvalue weighted by Crippen LogP contribution is 2.26. The lowest BCUT2D eigenvalue weighted by atomic mass is 9.97. The normalized spacial score (nSPS) is 13.1. The Morgan fingerprint density at radius 2 is 1.61 bits per heavy atom. The molecule has 0 aliphatic heterocycles. The van der Waals surface area contributed by atoms with E-state index < -0.39 is 6.04 Å². The van der Waals surface area contributed by atoms with E-state index >= 15 is 0 Å². The number of carbonyl (C=O) groups excluding carboxylic acids is 2. The average molecular weight is 402 g/mol. The first-order valence-corrected chi connectivity index (χ1v) is 9.85. The second-order valence-electron chi connectivity index (χ2n) is 7.00. The third kappa shape index (κ3) is 5.81. The second-order valence-corrected chi connectivity index (χ2v) is 7.41. The molecule has 2 rings (SSSR count). The third-order valence-corrected chi connectivity index (χ3v) is 5.27. The lowest BCUT2D eigenvalue weighted by Gasteiger charge is -2.24. The molecule has 5 nitrogen and oxygen atoms in total. The van der Waals surface area contributed by atoms with E-state index in [-0.39, 0.29) is 18.4 Å². The molecular weight excluding hydrogens is 374 g/mol. The number of para-hydroxylation sites is 2. The van der Waals surface area contributed by atoms with Crippen LogP contribution in [0, 0.1) is 0 Å². The van der Waals surface area contributed by atoms with Gasteiger partial charge in [0.2, 0.25) is 11.8 Å². The van der Waals surface area contributed by atoms with Crippen molar-refractivity contribution in [1.82, 2.24) is 4.90 Å². The molecule has 2 atom stereocenters. The highest BCUT2D eigenvalue weighted by Gasteiger charge is 2.21. The number of hydrogen-bond donors (Lipinski definition) is 2.